The van der Waals surface area contributed by atoms with Gasteiger partial charge in [0.15, 0.2) is 11.6 Å². The van der Waals surface area contributed by atoms with E-state index in [9.17, 15) is 9.59 Å². The number of aliphatic hydroxyl groups is 1. The molecule has 4 rings (SSSR count). The molecular weight excluding hydrogens is 564 g/mol. The van der Waals surface area contributed by atoms with Gasteiger partial charge in [0.05, 0.1) is 6.61 Å². The fourth-order valence-electron chi connectivity index (χ4n) is 4.43. The van der Waals surface area contributed by atoms with Crippen molar-refractivity contribution in [2.24, 2.45) is 10.9 Å². The van der Waals surface area contributed by atoms with Gasteiger partial charge in [0.25, 0.3) is 5.91 Å². The molecule has 0 aromatic heterocycles. The number of amides is 1. The smallest absolute Gasteiger partial charge is 0.306 e. The zero-order valence-corrected chi connectivity index (χ0v) is 24.3. The monoisotopic (exact) mass is 600 g/mol. The minimum atomic E-state index is -1.37. The molecule has 0 saturated heterocycles. The molecule has 9 heteroatoms. The van der Waals surface area contributed by atoms with Crippen LogP contribution in [0.3, 0.4) is 0 Å². The third kappa shape index (κ3) is 7.60. The van der Waals surface area contributed by atoms with Crippen LogP contribution in [0, 0.1) is 5.92 Å². The van der Waals surface area contributed by atoms with Crippen LogP contribution in [-0.2, 0) is 19.1 Å². The molecule has 1 aliphatic carbocycles. The van der Waals surface area contributed by atoms with Crippen molar-refractivity contribution in [2.75, 3.05) is 19.8 Å². The highest BCUT2D eigenvalue weighted by molar-refractivity contribution is 9.10. The summed E-state index contributed by atoms with van der Waals surface area (Å²) in [6.45, 7) is 6.50. The third-order valence-electron chi connectivity index (χ3n) is 6.60. The summed E-state index contributed by atoms with van der Waals surface area (Å²) in [5.41, 5.74) is -0.551. The first-order valence-electron chi connectivity index (χ1n) is 13.5. The molecule has 210 valence electrons. The number of carbonyl (C=O) groups excluding carboxylic acids is 2. The van der Waals surface area contributed by atoms with E-state index in [2.05, 4.69) is 21.2 Å². The Bertz CT molecular complexity index is 1190. The van der Waals surface area contributed by atoms with Crippen LogP contribution in [0.15, 0.2) is 58.0 Å². The molecule has 2 N–H and O–H groups in total. The highest BCUT2D eigenvalue weighted by Crippen LogP contribution is 2.45. The Labute approximate surface area is 238 Å². The van der Waals surface area contributed by atoms with Gasteiger partial charge in [0.1, 0.15) is 11.4 Å². The Balaban J connectivity index is 1.69. The van der Waals surface area contributed by atoms with Crippen molar-refractivity contribution in [2.45, 2.75) is 70.1 Å². The predicted molar refractivity (Wildman–Crippen MR) is 152 cm³/mol. The number of nitrogens with zero attached hydrogens (tertiary/aromatic N) is 1. The number of hydrogen-bond acceptors (Lipinski definition) is 7. The zero-order valence-electron chi connectivity index (χ0n) is 22.7. The summed E-state index contributed by atoms with van der Waals surface area (Å²) in [7, 11) is 0. The van der Waals surface area contributed by atoms with Crippen LogP contribution in [0.2, 0.25) is 0 Å². The van der Waals surface area contributed by atoms with E-state index in [4.69, 9.17) is 24.3 Å². The summed E-state index contributed by atoms with van der Waals surface area (Å²) < 4.78 is 18.5. The SMILES string of the molecule is CC(C)(C)OC(=O)CC[C@@]1(C(=O)NCC2CC2)N=C(c2ccc(OCCCO)cc2)O[C@@H]1c1ccccc1Br. The lowest BCUT2D eigenvalue weighted by atomic mass is 9.83. The first kappa shape index (κ1) is 29.1. The van der Waals surface area contributed by atoms with Crippen molar-refractivity contribution in [3.05, 3.63) is 64.1 Å². The summed E-state index contributed by atoms with van der Waals surface area (Å²) >= 11 is 3.63. The molecule has 0 spiro atoms. The van der Waals surface area contributed by atoms with E-state index in [1.165, 1.54) is 0 Å². The maximum absolute atomic E-state index is 14.0. The normalized spacial score (nSPS) is 20.6. The predicted octanol–water partition coefficient (Wildman–Crippen LogP) is 5.12. The number of benzene rings is 2. The quantitative estimate of drug-likeness (QED) is 0.259. The van der Waals surface area contributed by atoms with Gasteiger partial charge in [-0.1, -0.05) is 34.1 Å². The van der Waals surface area contributed by atoms with E-state index in [1.807, 2.05) is 57.2 Å². The molecule has 2 aliphatic rings. The molecule has 1 saturated carbocycles. The molecule has 0 radical (unpaired) electrons. The van der Waals surface area contributed by atoms with Gasteiger partial charge in [-0.2, -0.15) is 0 Å². The van der Waals surface area contributed by atoms with E-state index in [0.717, 1.165) is 22.9 Å². The largest absolute Gasteiger partial charge is 0.494 e. The highest BCUT2D eigenvalue weighted by Gasteiger charge is 2.54. The standard InChI is InChI=1S/C30H37BrN2O6/c1-29(2,3)39-25(35)15-16-30(28(36)32-19-20-9-10-20)26(23-7-4-5-8-24(23)31)38-27(33-30)21-11-13-22(14-12-21)37-18-6-17-34/h4-5,7-8,11-14,20,26,34H,6,9-10,15-19H2,1-3H3,(H,32,36)/t26-,30-/m1/s1. The Hall–Kier alpha value is -2.91. The number of esters is 1. The van der Waals surface area contributed by atoms with Gasteiger partial charge in [-0.3, -0.25) is 9.59 Å². The van der Waals surface area contributed by atoms with E-state index < -0.39 is 23.2 Å². The average Bonchev–Trinajstić information content (AvgIpc) is 3.65. The molecule has 0 unspecified atom stereocenters. The van der Waals surface area contributed by atoms with E-state index >= 15 is 0 Å². The minimum Gasteiger partial charge on any atom is -0.494 e. The lowest BCUT2D eigenvalue weighted by molar-refractivity contribution is -0.155. The van der Waals surface area contributed by atoms with E-state index in [-0.39, 0.29) is 25.4 Å². The Kier molecular flexibility index (Phi) is 9.33. The molecule has 1 heterocycles. The van der Waals surface area contributed by atoms with Crippen molar-refractivity contribution < 1.29 is 28.9 Å². The molecule has 1 amide bonds. The van der Waals surface area contributed by atoms with Crippen LogP contribution in [-0.4, -0.2) is 53.8 Å². The molecule has 1 fully saturated rings. The van der Waals surface area contributed by atoms with Gasteiger partial charge in [-0.05, 0) is 76.3 Å². The minimum absolute atomic E-state index is 0.00679. The summed E-state index contributed by atoms with van der Waals surface area (Å²) in [5, 5.41) is 12.1. The zero-order chi connectivity index (χ0) is 28.0. The number of carbonyl (C=O) groups is 2. The number of halogens is 1. The fraction of sp³-hybridized carbons (Fsp3) is 0.500. The van der Waals surface area contributed by atoms with Gasteiger partial charge in [-0.15, -0.1) is 0 Å². The number of rotatable bonds is 12. The Morgan fingerprint density at radius 3 is 2.51 bits per heavy atom. The van der Waals surface area contributed by atoms with Crippen LogP contribution in [0.1, 0.15) is 70.1 Å². The van der Waals surface area contributed by atoms with Gasteiger partial charge in [0.2, 0.25) is 5.90 Å². The first-order chi connectivity index (χ1) is 18.6. The van der Waals surface area contributed by atoms with Crippen LogP contribution in [0.25, 0.3) is 0 Å². The summed E-state index contributed by atoms with van der Waals surface area (Å²) in [5.74, 6) is 0.797. The number of hydrogen-bond donors (Lipinski definition) is 2. The molecular formula is C30H37BrN2O6. The second-order valence-electron chi connectivity index (χ2n) is 11.1. The summed E-state index contributed by atoms with van der Waals surface area (Å²) in [6.07, 6.45) is 2.10. The van der Waals surface area contributed by atoms with Crippen molar-refractivity contribution in [3.8, 4) is 5.75 Å². The van der Waals surface area contributed by atoms with Crippen molar-refractivity contribution >= 4 is 33.7 Å². The summed E-state index contributed by atoms with van der Waals surface area (Å²) in [4.78, 5) is 31.7. The second-order valence-corrected chi connectivity index (χ2v) is 11.9. The van der Waals surface area contributed by atoms with Crippen LogP contribution >= 0.6 is 15.9 Å². The second kappa shape index (κ2) is 12.5. The molecule has 39 heavy (non-hydrogen) atoms. The highest BCUT2D eigenvalue weighted by atomic mass is 79.9. The van der Waals surface area contributed by atoms with Crippen molar-refractivity contribution in [1.82, 2.24) is 5.32 Å². The fourth-order valence-corrected chi connectivity index (χ4v) is 4.92. The van der Waals surface area contributed by atoms with E-state index in [1.54, 1.807) is 12.1 Å². The van der Waals surface area contributed by atoms with Gasteiger partial charge in [-0.25, -0.2) is 4.99 Å². The lowest BCUT2D eigenvalue weighted by Gasteiger charge is -2.31. The van der Waals surface area contributed by atoms with Gasteiger partial charge >= 0.3 is 5.97 Å². The van der Waals surface area contributed by atoms with Gasteiger partial charge < -0.3 is 24.6 Å². The molecule has 2 atom stereocenters. The molecule has 0 bridgehead atoms. The molecule has 2 aromatic carbocycles. The first-order valence-corrected chi connectivity index (χ1v) is 14.3. The van der Waals surface area contributed by atoms with Gasteiger partial charge in [0, 0.05) is 41.6 Å². The number of aliphatic hydroxyl groups excluding tert-OH is 1. The van der Waals surface area contributed by atoms with Crippen molar-refractivity contribution in [3.63, 3.8) is 0 Å². The molecule has 1 aliphatic heterocycles. The Morgan fingerprint density at radius 1 is 1.15 bits per heavy atom. The summed E-state index contributed by atoms with van der Waals surface area (Å²) in [6, 6.07) is 14.9. The number of aliphatic imine (C=N–C) groups is 1. The van der Waals surface area contributed by atoms with E-state index in [0.29, 0.717) is 42.7 Å². The average molecular weight is 602 g/mol. The van der Waals surface area contributed by atoms with Crippen LogP contribution in [0.4, 0.5) is 0 Å². The molecule has 2 aromatic rings. The van der Waals surface area contributed by atoms with Crippen molar-refractivity contribution in [1.29, 1.82) is 0 Å². The van der Waals surface area contributed by atoms with Crippen LogP contribution < -0.4 is 10.1 Å². The maximum atomic E-state index is 14.0. The lowest BCUT2D eigenvalue weighted by Crippen LogP contribution is -2.49. The Morgan fingerprint density at radius 2 is 1.87 bits per heavy atom. The molecule has 8 nitrogen and oxygen atoms in total. The maximum Gasteiger partial charge on any atom is 0.306 e. The number of nitrogens with one attached hydrogen (secondary N) is 1. The third-order valence-corrected chi connectivity index (χ3v) is 7.32. The number of ether oxygens (including phenoxy) is 3. The topological polar surface area (TPSA) is 106 Å². The van der Waals surface area contributed by atoms with Crippen LogP contribution in [0.5, 0.6) is 5.75 Å².